The van der Waals surface area contributed by atoms with Crippen molar-refractivity contribution in [3.63, 3.8) is 0 Å². The first-order valence-electron chi connectivity index (χ1n) is 5.04. The van der Waals surface area contributed by atoms with Crippen molar-refractivity contribution in [2.24, 2.45) is 0 Å². The second-order valence-corrected chi connectivity index (χ2v) is 6.33. The van der Waals surface area contributed by atoms with E-state index in [1.807, 2.05) is 30.7 Å². The van der Waals surface area contributed by atoms with Crippen LogP contribution in [0.25, 0.3) is 0 Å². The van der Waals surface area contributed by atoms with Crippen LogP contribution in [0.3, 0.4) is 0 Å². The molecule has 0 aliphatic carbocycles. The topological polar surface area (TPSA) is 46.2 Å². The van der Waals surface area contributed by atoms with Crippen molar-refractivity contribution in [3.8, 4) is 0 Å². The van der Waals surface area contributed by atoms with Crippen LogP contribution >= 0.6 is 11.3 Å². The predicted molar refractivity (Wildman–Crippen MR) is 64.7 cm³/mol. The van der Waals surface area contributed by atoms with Gasteiger partial charge in [-0.1, -0.05) is 6.92 Å². The summed E-state index contributed by atoms with van der Waals surface area (Å²) in [5.41, 5.74) is 1.19. The molecule has 0 aromatic carbocycles. The van der Waals surface area contributed by atoms with Crippen molar-refractivity contribution in [3.05, 3.63) is 22.4 Å². The lowest BCUT2D eigenvalue weighted by atomic mass is 10.1. The highest BCUT2D eigenvalue weighted by Crippen LogP contribution is 2.09. The maximum absolute atomic E-state index is 11.5. The molecule has 0 radical (unpaired) electrons. The summed E-state index contributed by atoms with van der Waals surface area (Å²) in [5, 5.41) is 4.05. The second-order valence-electron chi connectivity index (χ2n) is 3.67. The summed E-state index contributed by atoms with van der Waals surface area (Å²) in [6, 6.07) is 1.99. The maximum atomic E-state index is 11.5. The van der Waals surface area contributed by atoms with Crippen LogP contribution in [-0.4, -0.2) is 20.2 Å². The molecule has 1 rings (SSSR count). The van der Waals surface area contributed by atoms with Gasteiger partial charge in [-0.15, -0.1) is 0 Å². The van der Waals surface area contributed by atoms with Gasteiger partial charge in [0, 0.05) is 6.04 Å². The third-order valence-corrected chi connectivity index (χ3v) is 4.41. The molecule has 1 N–H and O–H groups in total. The van der Waals surface area contributed by atoms with Crippen molar-refractivity contribution in [1.82, 2.24) is 4.72 Å². The summed E-state index contributed by atoms with van der Waals surface area (Å²) in [4.78, 5) is 0. The summed E-state index contributed by atoms with van der Waals surface area (Å²) in [6.07, 6.45) is 1.41. The molecule has 1 unspecified atom stereocenters. The maximum Gasteiger partial charge on any atom is 0.211 e. The molecule has 3 nitrogen and oxygen atoms in total. The number of rotatable bonds is 6. The van der Waals surface area contributed by atoms with Gasteiger partial charge in [0.2, 0.25) is 10.0 Å². The molecule has 0 saturated carbocycles. The van der Waals surface area contributed by atoms with Crippen LogP contribution in [0.15, 0.2) is 16.8 Å². The van der Waals surface area contributed by atoms with Gasteiger partial charge >= 0.3 is 0 Å². The molecule has 0 aliphatic heterocycles. The Kier molecular flexibility index (Phi) is 4.76. The highest BCUT2D eigenvalue weighted by atomic mass is 32.2. The summed E-state index contributed by atoms with van der Waals surface area (Å²) >= 11 is 1.63. The van der Waals surface area contributed by atoms with E-state index in [1.54, 1.807) is 11.3 Å². The zero-order chi connectivity index (χ0) is 11.3. The van der Waals surface area contributed by atoms with Crippen molar-refractivity contribution < 1.29 is 8.42 Å². The van der Waals surface area contributed by atoms with Gasteiger partial charge in [-0.2, -0.15) is 11.3 Å². The zero-order valence-corrected chi connectivity index (χ0v) is 10.7. The fraction of sp³-hybridized carbons (Fsp3) is 0.600. The summed E-state index contributed by atoms with van der Waals surface area (Å²) in [5.74, 6) is 0.209. The number of sulfonamides is 1. The minimum atomic E-state index is -3.08. The quantitative estimate of drug-likeness (QED) is 0.836. The van der Waals surface area contributed by atoms with Crippen molar-refractivity contribution >= 4 is 21.4 Å². The molecule has 0 bridgehead atoms. The van der Waals surface area contributed by atoms with E-state index in [0.29, 0.717) is 6.42 Å². The van der Waals surface area contributed by atoms with E-state index in [4.69, 9.17) is 0 Å². The van der Waals surface area contributed by atoms with E-state index in [0.717, 1.165) is 6.42 Å². The monoisotopic (exact) mass is 247 g/mol. The highest BCUT2D eigenvalue weighted by molar-refractivity contribution is 7.89. The molecule has 1 aromatic heterocycles. The van der Waals surface area contributed by atoms with Gasteiger partial charge in [-0.25, -0.2) is 13.1 Å². The van der Waals surface area contributed by atoms with Gasteiger partial charge < -0.3 is 0 Å². The molecule has 1 aromatic rings. The molecule has 0 aliphatic rings. The number of thiophene rings is 1. The Morgan fingerprint density at radius 3 is 2.80 bits per heavy atom. The number of hydrogen-bond donors (Lipinski definition) is 1. The first-order chi connectivity index (χ1) is 7.03. The Morgan fingerprint density at radius 2 is 2.27 bits per heavy atom. The van der Waals surface area contributed by atoms with Gasteiger partial charge in [0.05, 0.1) is 5.75 Å². The Morgan fingerprint density at radius 1 is 1.53 bits per heavy atom. The molecule has 0 amide bonds. The van der Waals surface area contributed by atoms with Crippen LogP contribution in [-0.2, 0) is 16.4 Å². The van der Waals surface area contributed by atoms with Gasteiger partial charge in [-0.05, 0) is 42.2 Å². The lowest BCUT2D eigenvalue weighted by Crippen LogP contribution is -2.35. The molecule has 86 valence electrons. The van der Waals surface area contributed by atoms with E-state index in [1.165, 1.54) is 5.56 Å². The molecular weight excluding hydrogens is 230 g/mol. The fourth-order valence-corrected chi connectivity index (χ4v) is 3.47. The Labute approximate surface area is 95.6 Å². The van der Waals surface area contributed by atoms with Crippen molar-refractivity contribution in [1.29, 1.82) is 0 Å². The van der Waals surface area contributed by atoms with E-state index < -0.39 is 10.0 Å². The van der Waals surface area contributed by atoms with E-state index >= 15 is 0 Å². The average Bonchev–Trinajstić information content (AvgIpc) is 2.54. The van der Waals surface area contributed by atoms with Gasteiger partial charge in [-0.3, -0.25) is 0 Å². The molecule has 0 saturated heterocycles. The molecule has 1 heterocycles. The van der Waals surface area contributed by atoms with Gasteiger partial charge in [0.1, 0.15) is 0 Å². The molecule has 0 spiro atoms. The molecule has 15 heavy (non-hydrogen) atoms. The predicted octanol–water partition coefficient (Wildman–Crippen LogP) is 2.01. The SMILES string of the molecule is CCCS(=O)(=O)NC(C)Cc1ccsc1. The Hall–Kier alpha value is -0.390. The molecular formula is C10H17NO2S2. The summed E-state index contributed by atoms with van der Waals surface area (Å²) in [7, 11) is -3.08. The third-order valence-electron chi connectivity index (χ3n) is 1.98. The van der Waals surface area contributed by atoms with E-state index in [-0.39, 0.29) is 11.8 Å². The lowest BCUT2D eigenvalue weighted by molar-refractivity contribution is 0.559. The van der Waals surface area contributed by atoms with Crippen LogP contribution in [0.1, 0.15) is 25.8 Å². The van der Waals surface area contributed by atoms with E-state index in [2.05, 4.69) is 4.72 Å². The largest absolute Gasteiger partial charge is 0.212 e. The lowest BCUT2D eigenvalue weighted by Gasteiger charge is -2.12. The zero-order valence-electron chi connectivity index (χ0n) is 9.06. The van der Waals surface area contributed by atoms with Gasteiger partial charge in [0.25, 0.3) is 0 Å². The standard InChI is InChI=1S/C10H17NO2S2/c1-3-6-15(12,13)11-9(2)7-10-4-5-14-8-10/h4-5,8-9,11H,3,6-7H2,1-2H3. The molecule has 0 fully saturated rings. The average molecular weight is 247 g/mol. The first kappa shape index (κ1) is 12.7. The Bertz CT molecular complexity index is 370. The summed E-state index contributed by atoms with van der Waals surface area (Å²) in [6.45, 7) is 3.76. The molecule has 5 heteroatoms. The second kappa shape index (κ2) is 5.63. The number of hydrogen-bond acceptors (Lipinski definition) is 3. The van der Waals surface area contributed by atoms with Crippen molar-refractivity contribution in [2.45, 2.75) is 32.7 Å². The first-order valence-corrected chi connectivity index (χ1v) is 7.64. The number of nitrogens with one attached hydrogen (secondary N) is 1. The van der Waals surface area contributed by atoms with Gasteiger partial charge in [0.15, 0.2) is 0 Å². The minimum Gasteiger partial charge on any atom is -0.212 e. The summed E-state index contributed by atoms with van der Waals surface area (Å²) < 4.78 is 25.6. The third kappa shape index (κ3) is 4.77. The van der Waals surface area contributed by atoms with Crippen LogP contribution in [0, 0.1) is 0 Å². The Balaban J connectivity index is 2.46. The van der Waals surface area contributed by atoms with Crippen LogP contribution in [0.2, 0.25) is 0 Å². The van der Waals surface area contributed by atoms with Crippen LogP contribution in [0.4, 0.5) is 0 Å². The van der Waals surface area contributed by atoms with E-state index in [9.17, 15) is 8.42 Å². The van der Waals surface area contributed by atoms with Crippen LogP contribution < -0.4 is 4.72 Å². The smallest absolute Gasteiger partial charge is 0.211 e. The highest BCUT2D eigenvalue weighted by Gasteiger charge is 2.13. The fourth-order valence-electron chi connectivity index (χ4n) is 1.44. The molecule has 1 atom stereocenters. The van der Waals surface area contributed by atoms with Crippen LogP contribution in [0.5, 0.6) is 0 Å². The minimum absolute atomic E-state index is 0.0313. The van der Waals surface area contributed by atoms with Crippen molar-refractivity contribution in [2.75, 3.05) is 5.75 Å². The normalized spacial score (nSPS) is 14.0.